The van der Waals surface area contributed by atoms with Gasteiger partial charge in [0.1, 0.15) is 11.9 Å². The molecule has 0 radical (unpaired) electrons. The summed E-state index contributed by atoms with van der Waals surface area (Å²) in [5.41, 5.74) is 0.795. The van der Waals surface area contributed by atoms with Crippen molar-refractivity contribution < 1.29 is 28.3 Å². The molecule has 0 amide bonds. The number of ether oxygens (including phenoxy) is 2. The Labute approximate surface area is 157 Å². The molecule has 1 saturated carbocycles. The van der Waals surface area contributed by atoms with E-state index in [-0.39, 0.29) is 35.5 Å². The Morgan fingerprint density at radius 2 is 2.11 bits per heavy atom. The van der Waals surface area contributed by atoms with E-state index in [4.69, 9.17) is 13.9 Å². The highest BCUT2D eigenvalue weighted by Gasteiger charge is 2.63. The monoisotopic (exact) mass is 372 g/mol. The summed E-state index contributed by atoms with van der Waals surface area (Å²) in [5.74, 6) is -1.70. The van der Waals surface area contributed by atoms with E-state index in [1.165, 1.54) is 7.11 Å². The molecular weight excluding hydrogens is 348 g/mol. The third-order valence-corrected chi connectivity index (χ3v) is 6.88. The molecule has 6 heteroatoms. The van der Waals surface area contributed by atoms with E-state index >= 15 is 0 Å². The largest absolute Gasteiger partial charge is 0.472 e. The number of hydrogen-bond donors (Lipinski definition) is 0. The van der Waals surface area contributed by atoms with E-state index in [0.717, 1.165) is 12.0 Å². The summed E-state index contributed by atoms with van der Waals surface area (Å²) in [5, 5.41) is 0. The average molecular weight is 372 g/mol. The summed E-state index contributed by atoms with van der Waals surface area (Å²) in [6.45, 7) is 3.55. The Kier molecular flexibility index (Phi) is 4.24. The van der Waals surface area contributed by atoms with E-state index in [2.05, 4.69) is 0 Å². The van der Waals surface area contributed by atoms with Crippen LogP contribution in [0.15, 0.2) is 34.7 Å². The fourth-order valence-corrected chi connectivity index (χ4v) is 5.68. The highest BCUT2D eigenvalue weighted by molar-refractivity contribution is 5.91. The van der Waals surface area contributed by atoms with Gasteiger partial charge >= 0.3 is 11.9 Å². The van der Waals surface area contributed by atoms with Crippen molar-refractivity contribution in [2.75, 3.05) is 7.11 Å². The molecule has 144 valence electrons. The average Bonchev–Trinajstić information content (AvgIpc) is 3.27. The number of fused-ring (bicyclic) bond motifs is 3. The minimum atomic E-state index is -0.576. The predicted molar refractivity (Wildman–Crippen MR) is 94.2 cm³/mol. The molecule has 0 spiro atoms. The maximum Gasteiger partial charge on any atom is 0.333 e. The van der Waals surface area contributed by atoms with Gasteiger partial charge in [0.15, 0.2) is 0 Å². The van der Waals surface area contributed by atoms with Gasteiger partial charge in [-0.05, 0) is 38.2 Å². The van der Waals surface area contributed by atoms with Gasteiger partial charge in [-0.2, -0.15) is 0 Å². The third kappa shape index (κ3) is 2.57. The van der Waals surface area contributed by atoms with Gasteiger partial charge in [0.2, 0.25) is 0 Å². The number of carbonyl (C=O) groups is 3. The van der Waals surface area contributed by atoms with Crippen LogP contribution in [0.25, 0.3) is 0 Å². The van der Waals surface area contributed by atoms with Gasteiger partial charge in [0, 0.05) is 28.4 Å². The summed E-state index contributed by atoms with van der Waals surface area (Å²) in [4.78, 5) is 38.0. The molecule has 6 atom stereocenters. The number of rotatable bonds is 3. The van der Waals surface area contributed by atoms with Crippen molar-refractivity contribution in [2.45, 2.75) is 39.2 Å². The van der Waals surface area contributed by atoms with Crippen molar-refractivity contribution >= 4 is 17.7 Å². The van der Waals surface area contributed by atoms with Gasteiger partial charge in [-0.1, -0.05) is 13.0 Å². The second-order valence-corrected chi connectivity index (χ2v) is 8.15. The minimum absolute atomic E-state index is 0.0197. The predicted octanol–water partition coefficient (Wildman–Crippen LogP) is 3.23. The molecule has 2 fully saturated rings. The van der Waals surface area contributed by atoms with E-state index in [0.29, 0.717) is 18.4 Å². The summed E-state index contributed by atoms with van der Waals surface area (Å²) in [6, 6.07) is 1.78. The lowest BCUT2D eigenvalue weighted by atomic mass is 9.49. The quantitative estimate of drug-likeness (QED) is 0.758. The maximum absolute atomic E-state index is 12.9. The molecule has 0 N–H and O–H groups in total. The number of carbonyl (C=O) groups excluding carboxylic acids is 3. The van der Waals surface area contributed by atoms with Crippen LogP contribution in [0.3, 0.4) is 0 Å². The standard InChI is InChI=1S/C21H24O6/c1-11(22)13-9-21(2)14(5-4-6-15(21)19(23)25-3)17-16(13)18(27-20(17)24)12-7-8-26-10-12/h6-8,10,13-14,16-18H,4-5,9H2,1-3H3/t13-,14+,16-,17-,18+,21-/m1/s1. The maximum atomic E-state index is 12.9. The minimum Gasteiger partial charge on any atom is -0.472 e. The zero-order chi connectivity index (χ0) is 19.3. The van der Waals surface area contributed by atoms with Gasteiger partial charge in [-0.15, -0.1) is 0 Å². The topological polar surface area (TPSA) is 82.8 Å². The molecule has 27 heavy (non-hydrogen) atoms. The van der Waals surface area contributed by atoms with E-state index in [1.807, 2.05) is 13.0 Å². The Balaban J connectivity index is 1.80. The Hall–Kier alpha value is -2.37. The zero-order valence-corrected chi connectivity index (χ0v) is 15.8. The molecule has 1 aromatic heterocycles. The molecule has 1 aromatic rings. The Morgan fingerprint density at radius 3 is 2.74 bits per heavy atom. The number of ketones is 1. The van der Waals surface area contributed by atoms with Gasteiger partial charge in [-0.25, -0.2) is 4.79 Å². The number of esters is 2. The van der Waals surface area contributed by atoms with Crippen LogP contribution in [0.1, 0.15) is 44.8 Å². The van der Waals surface area contributed by atoms with Crippen LogP contribution in [0.4, 0.5) is 0 Å². The first-order valence-electron chi connectivity index (χ1n) is 9.40. The molecule has 1 aliphatic heterocycles. The molecule has 0 bridgehead atoms. The van der Waals surface area contributed by atoms with Crippen molar-refractivity contribution in [3.63, 3.8) is 0 Å². The first-order valence-corrected chi connectivity index (χ1v) is 9.40. The van der Waals surface area contributed by atoms with Crippen molar-refractivity contribution in [3.8, 4) is 0 Å². The molecule has 2 aliphatic carbocycles. The van der Waals surface area contributed by atoms with E-state index in [9.17, 15) is 14.4 Å². The fraction of sp³-hybridized carbons (Fsp3) is 0.571. The van der Waals surface area contributed by atoms with Crippen molar-refractivity contribution in [1.82, 2.24) is 0 Å². The number of furan rings is 1. The van der Waals surface area contributed by atoms with Crippen molar-refractivity contribution in [3.05, 3.63) is 35.8 Å². The van der Waals surface area contributed by atoms with E-state index in [1.54, 1.807) is 25.5 Å². The summed E-state index contributed by atoms with van der Waals surface area (Å²) < 4.78 is 15.9. The lowest BCUT2D eigenvalue weighted by molar-refractivity contribution is -0.149. The second-order valence-electron chi connectivity index (χ2n) is 8.15. The number of allylic oxidation sites excluding steroid dienone is 1. The number of methoxy groups -OCH3 is 1. The van der Waals surface area contributed by atoms with Crippen LogP contribution < -0.4 is 0 Å². The van der Waals surface area contributed by atoms with Crippen LogP contribution >= 0.6 is 0 Å². The first-order chi connectivity index (χ1) is 12.9. The first kappa shape index (κ1) is 18.0. The number of hydrogen-bond acceptors (Lipinski definition) is 6. The Morgan fingerprint density at radius 1 is 1.33 bits per heavy atom. The third-order valence-electron chi connectivity index (χ3n) is 6.88. The molecular formula is C21H24O6. The van der Waals surface area contributed by atoms with Gasteiger partial charge in [-0.3, -0.25) is 9.59 Å². The summed E-state index contributed by atoms with van der Waals surface area (Å²) >= 11 is 0. The smallest absolute Gasteiger partial charge is 0.333 e. The fourth-order valence-electron chi connectivity index (χ4n) is 5.68. The zero-order valence-electron chi connectivity index (χ0n) is 15.8. The van der Waals surface area contributed by atoms with Crippen LogP contribution in [0.5, 0.6) is 0 Å². The molecule has 3 aliphatic rings. The number of cyclic esters (lactones) is 1. The molecule has 2 heterocycles. The van der Waals surface area contributed by atoms with Gasteiger partial charge in [0.25, 0.3) is 0 Å². The molecule has 6 nitrogen and oxygen atoms in total. The van der Waals surface area contributed by atoms with Gasteiger partial charge in [0.05, 0.1) is 25.6 Å². The molecule has 1 saturated heterocycles. The summed E-state index contributed by atoms with van der Waals surface area (Å²) in [7, 11) is 1.36. The van der Waals surface area contributed by atoms with Crippen LogP contribution in [0, 0.1) is 29.1 Å². The highest BCUT2D eigenvalue weighted by atomic mass is 16.6. The normalized spacial score (nSPS) is 37.7. The lowest BCUT2D eigenvalue weighted by Crippen LogP contribution is -2.51. The van der Waals surface area contributed by atoms with Crippen molar-refractivity contribution in [2.24, 2.45) is 29.1 Å². The van der Waals surface area contributed by atoms with Crippen LogP contribution in [-0.4, -0.2) is 24.8 Å². The summed E-state index contributed by atoms with van der Waals surface area (Å²) in [6.07, 6.45) is 6.57. The van der Waals surface area contributed by atoms with E-state index < -0.39 is 17.4 Å². The second kappa shape index (κ2) is 6.36. The van der Waals surface area contributed by atoms with Crippen molar-refractivity contribution in [1.29, 1.82) is 0 Å². The van der Waals surface area contributed by atoms with Crippen LogP contribution in [-0.2, 0) is 23.9 Å². The molecule has 4 rings (SSSR count). The molecule has 0 aromatic carbocycles. The van der Waals surface area contributed by atoms with Crippen LogP contribution in [0.2, 0.25) is 0 Å². The Bertz CT molecular complexity index is 807. The highest BCUT2D eigenvalue weighted by Crippen LogP contribution is 2.62. The SMILES string of the molecule is COC(=O)C1=CCC[C@H]2[C@H]3C(=O)O[C@@H](c4ccoc4)[C@@H]3[C@@H](C(C)=O)C[C@@]12C. The number of Topliss-reactive ketones (excluding diaryl/α,β-unsaturated/α-hetero) is 1. The van der Waals surface area contributed by atoms with Gasteiger partial charge < -0.3 is 13.9 Å². The lowest BCUT2D eigenvalue weighted by Gasteiger charge is -2.51. The molecule has 0 unspecified atom stereocenters.